The number of rotatable bonds is 5. The fourth-order valence-corrected chi connectivity index (χ4v) is 1.53. The molecule has 82 valence electrons. The first kappa shape index (κ1) is 11.5. The molecule has 1 fully saturated rings. The van der Waals surface area contributed by atoms with Crippen molar-refractivity contribution >= 4 is 5.97 Å². The normalized spacial score (nSPS) is 20.6. The first-order valence-electron chi connectivity index (χ1n) is 5.16. The third-order valence-corrected chi connectivity index (χ3v) is 2.57. The summed E-state index contributed by atoms with van der Waals surface area (Å²) in [6.07, 6.45) is 2.86. The fourth-order valence-electron chi connectivity index (χ4n) is 1.53. The van der Waals surface area contributed by atoms with Crippen LogP contribution in [0.1, 0.15) is 32.6 Å². The van der Waals surface area contributed by atoms with Crippen molar-refractivity contribution < 1.29 is 19.4 Å². The van der Waals surface area contributed by atoms with Crippen molar-refractivity contribution in [2.75, 3.05) is 19.8 Å². The zero-order valence-corrected chi connectivity index (χ0v) is 8.62. The third-order valence-electron chi connectivity index (χ3n) is 2.57. The molecular formula is C10H18O4. The highest BCUT2D eigenvalue weighted by Gasteiger charge is 2.41. The van der Waals surface area contributed by atoms with Crippen LogP contribution in [-0.4, -0.2) is 36.5 Å². The Morgan fingerprint density at radius 2 is 2.14 bits per heavy atom. The van der Waals surface area contributed by atoms with E-state index in [1.807, 2.05) is 0 Å². The van der Waals surface area contributed by atoms with Crippen molar-refractivity contribution in [3.63, 3.8) is 0 Å². The van der Waals surface area contributed by atoms with E-state index < -0.39 is 11.6 Å². The van der Waals surface area contributed by atoms with Gasteiger partial charge in [0.1, 0.15) is 0 Å². The Kier molecular flexibility index (Phi) is 4.35. The molecule has 0 bridgehead atoms. The number of carbonyl (C=O) groups is 1. The van der Waals surface area contributed by atoms with Crippen molar-refractivity contribution in [1.82, 2.24) is 0 Å². The lowest BCUT2D eigenvalue weighted by atomic mass is 9.94. The molecule has 0 aromatic rings. The molecule has 0 unspecified atom stereocenters. The van der Waals surface area contributed by atoms with Gasteiger partial charge in [-0.05, 0) is 6.42 Å². The van der Waals surface area contributed by atoms with Crippen molar-refractivity contribution in [1.29, 1.82) is 0 Å². The largest absolute Gasteiger partial charge is 0.479 e. The molecule has 0 aromatic carbocycles. The summed E-state index contributed by atoms with van der Waals surface area (Å²) in [5.41, 5.74) is -0.979. The second-order valence-corrected chi connectivity index (χ2v) is 3.61. The molecule has 1 aliphatic heterocycles. The monoisotopic (exact) mass is 202 g/mol. The van der Waals surface area contributed by atoms with Gasteiger partial charge in [-0.3, -0.25) is 0 Å². The van der Waals surface area contributed by atoms with Crippen LogP contribution in [0.25, 0.3) is 0 Å². The topological polar surface area (TPSA) is 55.8 Å². The van der Waals surface area contributed by atoms with Gasteiger partial charge >= 0.3 is 5.97 Å². The van der Waals surface area contributed by atoms with E-state index in [4.69, 9.17) is 14.6 Å². The minimum Gasteiger partial charge on any atom is -0.479 e. The summed E-state index contributed by atoms with van der Waals surface area (Å²) in [6, 6.07) is 0. The molecule has 4 nitrogen and oxygen atoms in total. The minimum absolute atomic E-state index is 0.464. The maximum Gasteiger partial charge on any atom is 0.336 e. The van der Waals surface area contributed by atoms with Crippen LogP contribution in [0, 0.1) is 0 Å². The number of carboxylic acids is 1. The van der Waals surface area contributed by atoms with Gasteiger partial charge in [-0.25, -0.2) is 4.79 Å². The summed E-state index contributed by atoms with van der Waals surface area (Å²) in [7, 11) is 0. The van der Waals surface area contributed by atoms with Crippen LogP contribution in [-0.2, 0) is 14.3 Å². The van der Waals surface area contributed by atoms with Crippen LogP contribution < -0.4 is 0 Å². The molecule has 0 radical (unpaired) electrons. The lowest BCUT2D eigenvalue weighted by molar-refractivity contribution is -0.178. The molecule has 1 N–H and O–H groups in total. The van der Waals surface area contributed by atoms with E-state index in [9.17, 15) is 4.79 Å². The average molecular weight is 202 g/mol. The Bertz CT molecular complexity index is 185. The predicted molar refractivity (Wildman–Crippen MR) is 51.3 cm³/mol. The highest BCUT2D eigenvalue weighted by atomic mass is 16.5. The molecule has 0 aliphatic carbocycles. The number of hydrogen-bond donors (Lipinski definition) is 1. The first-order valence-corrected chi connectivity index (χ1v) is 5.16. The quantitative estimate of drug-likeness (QED) is 0.685. The number of ether oxygens (including phenoxy) is 2. The van der Waals surface area contributed by atoms with Gasteiger partial charge in [0.05, 0.1) is 0 Å². The van der Waals surface area contributed by atoms with Gasteiger partial charge in [0.2, 0.25) is 0 Å². The van der Waals surface area contributed by atoms with Crippen LogP contribution in [0.2, 0.25) is 0 Å². The lowest BCUT2D eigenvalue weighted by Gasteiger charge is -2.33. The molecule has 14 heavy (non-hydrogen) atoms. The Hall–Kier alpha value is -0.610. The fraction of sp³-hybridized carbons (Fsp3) is 0.900. The first-order chi connectivity index (χ1) is 6.71. The highest BCUT2D eigenvalue weighted by molar-refractivity contribution is 5.77. The second-order valence-electron chi connectivity index (χ2n) is 3.61. The Labute approximate surface area is 84.2 Å². The smallest absolute Gasteiger partial charge is 0.336 e. The number of hydrogen-bond acceptors (Lipinski definition) is 3. The molecule has 1 rings (SSSR count). The van der Waals surface area contributed by atoms with Gasteiger partial charge in [0, 0.05) is 32.7 Å². The molecule has 0 amide bonds. The zero-order valence-electron chi connectivity index (χ0n) is 8.62. The van der Waals surface area contributed by atoms with Crippen molar-refractivity contribution in [2.45, 2.75) is 38.2 Å². The van der Waals surface area contributed by atoms with Gasteiger partial charge in [-0.15, -0.1) is 0 Å². The van der Waals surface area contributed by atoms with Crippen molar-refractivity contribution in [3.05, 3.63) is 0 Å². The van der Waals surface area contributed by atoms with Crippen LogP contribution >= 0.6 is 0 Å². The Balaban J connectivity index is 2.47. The summed E-state index contributed by atoms with van der Waals surface area (Å²) < 4.78 is 10.6. The van der Waals surface area contributed by atoms with E-state index in [1.54, 1.807) is 0 Å². The Morgan fingerprint density at radius 1 is 1.50 bits per heavy atom. The molecule has 0 aromatic heterocycles. The number of carboxylic acid groups (broad SMARTS) is 1. The van der Waals surface area contributed by atoms with Crippen molar-refractivity contribution in [2.24, 2.45) is 0 Å². The third kappa shape index (κ3) is 2.69. The second kappa shape index (κ2) is 5.32. The zero-order chi connectivity index (χ0) is 10.4. The molecule has 0 spiro atoms. The van der Waals surface area contributed by atoms with Gasteiger partial charge in [0.25, 0.3) is 0 Å². The van der Waals surface area contributed by atoms with Gasteiger partial charge in [-0.1, -0.05) is 13.3 Å². The summed E-state index contributed by atoms with van der Waals surface area (Å²) in [4.78, 5) is 11.1. The standard InChI is InChI=1S/C10H18O4/c1-2-3-6-14-10(9(11)12)4-7-13-8-5-10/h2-8H2,1H3,(H,11,12). The summed E-state index contributed by atoms with van der Waals surface area (Å²) in [5, 5.41) is 9.11. The van der Waals surface area contributed by atoms with E-state index in [0.717, 1.165) is 12.8 Å². The molecule has 0 saturated carbocycles. The molecule has 1 saturated heterocycles. The van der Waals surface area contributed by atoms with E-state index in [2.05, 4.69) is 6.92 Å². The molecule has 4 heteroatoms. The van der Waals surface area contributed by atoms with Crippen LogP contribution in [0.15, 0.2) is 0 Å². The maximum atomic E-state index is 11.1. The summed E-state index contributed by atoms with van der Waals surface area (Å²) in [5.74, 6) is -0.850. The number of aliphatic carboxylic acids is 1. The molecular weight excluding hydrogens is 184 g/mol. The summed E-state index contributed by atoms with van der Waals surface area (Å²) in [6.45, 7) is 3.56. The minimum atomic E-state index is -0.979. The van der Waals surface area contributed by atoms with E-state index in [-0.39, 0.29) is 0 Å². The summed E-state index contributed by atoms with van der Waals surface area (Å²) >= 11 is 0. The molecule has 0 atom stereocenters. The SMILES string of the molecule is CCCCOC1(C(=O)O)CCOCC1. The lowest BCUT2D eigenvalue weighted by Crippen LogP contribution is -2.46. The maximum absolute atomic E-state index is 11.1. The van der Waals surface area contributed by atoms with Crippen LogP contribution in [0.4, 0.5) is 0 Å². The van der Waals surface area contributed by atoms with E-state index in [1.165, 1.54) is 0 Å². The van der Waals surface area contributed by atoms with Gasteiger partial charge in [-0.2, -0.15) is 0 Å². The van der Waals surface area contributed by atoms with Crippen LogP contribution in [0.3, 0.4) is 0 Å². The Morgan fingerprint density at radius 3 is 2.64 bits per heavy atom. The van der Waals surface area contributed by atoms with E-state index >= 15 is 0 Å². The van der Waals surface area contributed by atoms with Crippen LogP contribution in [0.5, 0.6) is 0 Å². The van der Waals surface area contributed by atoms with Gasteiger partial charge < -0.3 is 14.6 Å². The highest BCUT2D eigenvalue weighted by Crippen LogP contribution is 2.25. The average Bonchev–Trinajstić information content (AvgIpc) is 2.19. The van der Waals surface area contributed by atoms with Crippen molar-refractivity contribution in [3.8, 4) is 0 Å². The van der Waals surface area contributed by atoms with E-state index in [0.29, 0.717) is 32.7 Å². The molecule has 1 heterocycles. The molecule has 1 aliphatic rings. The predicted octanol–water partition coefficient (Wildman–Crippen LogP) is 1.44. The van der Waals surface area contributed by atoms with Gasteiger partial charge in [0.15, 0.2) is 5.60 Å². The number of unbranched alkanes of at least 4 members (excludes halogenated alkanes) is 1.